The maximum absolute atomic E-state index is 10.6. The molecule has 4 aliphatic rings. The van der Waals surface area contributed by atoms with Crippen LogP contribution >= 0.6 is 0 Å². The van der Waals surface area contributed by atoms with Crippen molar-refractivity contribution in [2.75, 3.05) is 0 Å². The lowest BCUT2D eigenvalue weighted by Gasteiger charge is -2.56. The third kappa shape index (κ3) is 3.57. The van der Waals surface area contributed by atoms with Gasteiger partial charge in [0.15, 0.2) is 0 Å². The van der Waals surface area contributed by atoms with Crippen LogP contribution in [0.5, 0.6) is 0 Å². The summed E-state index contributed by atoms with van der Waals surface area (Å²) in [5.41, 5.74) is 3.23. The Balaban J connectivity index is 1.55. The summed E-state index contributed by atoms with van der Waals surface area (Å²) in [6.07, 6.45) is 14.5. The van der Waals surface area contributed by atoms with Gasteiger partial charge < -0.3 is 10.2 Å². The lowest BCUT2D eigenvalue weighted by atomic mass is 9.49. The van der Waals surface area contributed by atoms with E-state index < -0.39 is 6.10 Å². The zero-order valence-corrected chi connectivity index (χ0v) is 19.5. The second-order valence-corrected chi connectivity index (χ2v) is 12.0. The number of aliphatic hydroxyl groups is 2. The molecule has 2 nitrogen and oxygen atoms in total. The van der Waals surface area contributed by atoms with Gasteiger partial charge in [-0.1, -0.05) is 71.6 Å². The molecule has 0 aromatic heterocycles. The molecule has 0 bridgehead atoms. The van der Waals surface area contributed by atoms with Crippen LogP contribution in [0, 0.1) is 40.4 Å². The molecule has 2 N–H and O–H groups in total. The lowest BCUT2D eigenvalue weighted by Crippen LogP contribution is -2.50. The summed E-state index contributed by atoms with van der Waals surface area (Å²) in [4.78, 5) is 0. The summed E-state index contributed by atoms with van der Waals surface area (Å²) in [5.74, 6) is 3.71. The molecule has 0 saturated heterocycles. The summed E-state index contributed by atoms with van der Waals surface area (Å²) >= 11 is 0. The van der Waals surface area contributed by atoms with Gasteiger partial charge in [-0.3, -0.25) is 0 Å². The van der Waals surface area contributed by atoms with E-state index in [0.29, 0.717) is 23.7 Å². The SMILES string of the molecule is CC(C)CCC[C@@H](C)[C@H]1CC[C@H]2C3=CC=C4C(O)CC(O)C[C@]4(C)[C@H]3CC[C@]12C. The van der Waals surface area contributed by atoms with E-state index in [1.54, 1.807) is 5.57 Å². The molecule has 29 heavy (non-hydrogen) atoms. The fourth-order valence-electron chi connectivity index (χ4n) is 8.23. The Morgan fingerprint density at radius 1 is 1.00 bits per heavy atom. The highest BCUT2D eigenvalue weighted by molar-refractivity contribution is 5.40. The first-order valence-electron chi connectivity index (χ1n) is 12.4. The average molecular weight is 401 g/mol. The van der Waals surface area contributed by atoms with Gasteiger partial charge >= 0.3 is 0 Å². The summed E-state index contributed by atoms with van der Waals surface area (Å²) in [5, 5.41) is 21.1. The minimum Gasteiger partial charge on any atom is -0.393 e. The van der Waals surface area contributed by atoms with E-state index in [-0.39, 0.29) is 11.5 Å². The van der Waals surface area contributed by atoms with E-state index in [1.165, 1.54) is 50.5 Å². The van der Waals surface area contributed by atoms with Gasteiger partial charge in [0.1, 0.15) is 0 Å². The first-order chi connectivity index (χ1) is 13.7. The first kappa shape index (κ1) is 21.6. The highest BCUT2D eigenvalue weighted by atomic mass is 16.3. The molecule has 0 aromatic carbocycles. The fraction of sp³-hybridized carbons (Fsp3) is 0.852. The summed E-state index contributed by atoms with van der Waals surface area (Å²) < 4.78 is 0. The van der Waals surface area contributed by atoms with Crippen LogP contribution in [-0.4, -0.2) is 22.4 Å². The Bertz CT molecular complexity index is 676. The Kier molecular flexibility index (Phi) is 5.84. The molecule has 4 aliphatic carbocycles. The van der Waals surface area contributed by atoms with E-state index in [4.69, 9.17) is 0 Å². The van der Waals surface area contributed by atoms with Crippen molar-refractivity contribution in [3.8, 4) is 0 Å². The highest BCUT2D eigenvalue weighted by Gasteiger charge is 2.57. The zero-order valence-electron chi connectivity index (χ0n) is 19.5. The number of hydrogen-bond donors (Lipinski definition) is 2. The Morgan fingerprint density at radius 3 is 2.48 bits per heavy atom. The monoisotopic (exact) mass is 400 g/mol. The van der Waals surface area contributed by atoms with Crippen LogP contribution in [0.25, 0.3) is 0 Å². The van der Waals surface area contributed by atoms with Gasteiger partial charge in [-0.2, -0.15) is 0 Å². The molecule has 2 unspecified atom stereocenters. The van der Waals surface area contributed by atoms with Crippen molar-refractivity contribution in [2.45, 2.75) is 105 Å². The molecule has 4 rings (SSSR count). The van der Waals surface area contributed by atoms with E-state index in [2.05, 4.69) is 46.8 Å². The minimum absolute atomic E-state index is 0.0521. The third-order valence-corrected chi connectivity index (χ3v) is 9.71. The van der Waals surface area contributed by atoms with E-state index in [0.717, 1.165) is 24.2 Å². The highest BCUT2D eigenvalue weighted by Crippen LogP contribution is 2.66. The van der Waals surface area contributed by atoms with Crippen molar-refractivity contribution in [3.05, 3.63) is 23.3 Å². The molecule has 8 atom stereocenters. The lowest BCUT2D eigenvalue weighted by molar-refractivity contribution is -0.0148. The van der Waals surface area contributed by atoms with Crippen LogP contribution < -0.4 is 0 Å². The van der Waals surface area contributed by atoms with Crippen LogP contribution in [0.4, 0.5) is 0 Å². The van der Waals surface area contributed by atoms with Crippen molar-refractivity contribution in [2.24, 2.45) is 40.4 Å². The maximum Gasteiger partial charge on any atom is 0.0783 e. The number of hydrogen-bond acceptors (Lipinski definition) is 2. The van der Waals surface area contributed by atoms with Crippen LogP contribution in [0.2, 0.25) is 0 Å². The smallest absolute Gasteiger partial charge is 0.0783 e. The quantitative estimate of drug-likeness (QED) is 0.570. The normalized spacial score (nSPS) is 45.2. The summed E-state index contributed by atoms with van der Waals surface area (Å²) in [6.45, 7) is 12.1. The number of aliphatic hydroxyl groups excluding tert-OH is 2. The van der Waals surface area contributed by atoms with Gasteiger partial charge in [-0.25, -0.2) is 0 Å². The van der Waals surface area contributed by atoms with Crippen LogP contribution in [0.15, 0.2) is 23.3 Å². The van der Waals surface area contributed by atoms with E-state index in [9.17, 15) is 10.2 Å². The minimum atomic E-state index is -0.466. The molecule has 0 heterocycles. The van der Waals surface area contributed by atoms with Crippen molar-refractivity contribution in [3.63, 3.8) is 0 Å². The topological polar surface area (TPSA) is 40.5 Å². The standard InChI is InChI=1S/C27H44O2/c1-17(2)7-6-8-18(3)21-11-12-22-20-9-10-24-25(29)15-19(28)16-27(24,5)23(20)13-14-26(21,22)4/h9-10,17-19,21-23,25,28-29H,6-8,11-16H2,1-5H3/t18-,19?,21-,22+,23+,25?,26-,27-/m1/s1. The predicted octanol–water partition coefficient (Wildman–Crippen LogP) is 6.28. The van der Waals surface area contributed by atoms with Gasteiger partial charge in [0.25, 0.3) is 0 Å². The van der Waals surface area contributed by atoms with Crippen LogP contribution in [0.1, 0.15) is 92.4 Å². The molecule has 2 heteroatoms. The molecule has 0 aromatic rings. The number of fused-ring (bicyclic) bond motifs is 5. The molecule has 164 valence electrons. The van der Waals surface area contributed by atoms with Gasteiger partial charge in [0.2, 0.25) is 0 Å². The molecule has 3 fully saturated rings. The molecule has 0 amide bonds. The largest absolute Gasteiger partial charge is 0.393 e. The number of allylic oxidation sites excluding steroid dienone is 3. The van der Waals surface area contributed by atoms with Crippen LogP contribution in [-0.2, 0) is 0 Å². The summed E-state index contributed by atoms with van der Waals surface area (Å²) in [7, 11) is 0. The molecule has 0 spiro atoms. The van der Waals surface area contributed by atoms with Gasteiger partial charge in [-0.05, 0) is 72.7 Å². The van der Waals surface area contributed by atoms with Crippen molar-refractivity contribution in [1.29, 1.82) is 0 Å². The van der Waals surface area contributed by atoms with E-state index in [1.807, 2.05) is 0 Å². The molecular weight excluding hydrogens is 356 g/mol. The molecule has 0 radical (unpaired) electrons. The third-order valence-electron chi connectivity index (χ3n) is 9.71. The maximum atomic E-state index is 10.6. The predicted molar refractivity (Wildman–Crippen MR) is 120 cm³/mol. The Hall–Kier alpha value is -0.600. The Labute approximate surface area is 178 Å². The molecular formula is C27H44O2. The fourth-order valence-corrected chi connectivity index (χ4v) is 8.23. The van der Waals surface area contributed by atoms with Gasteiger partial charge in [0, 0.05) is 11.8 Å². The Morgan fingerprint density at radius 2 is 1.76 bits per heavy atom. The van der Waals surface area contributed by atoms with Gasteiger partial charge in [0.05, 0.1) is 12.2 Å². The van der Waals surface area contributed by atoms with Crippen LogP contribution in [0.3, 0.4) is 0 Å². The van der Waals surface area contributed by atoms with Crippen molar-refractivity contribution in [1.82, 2.24) is 0 Å². The average Bonchev–Trinajstić information content (AvgIpc) is 2.97. The van der Waals surface area contributed by atoms with Crippen molar-refractivity contribution >= 4 is 0 Å². The zero-order chi connectivity index (χ0) is 21.0. The number of rotatable bonds is 5. The van der Waals surface area contributed by atoms with Crippen molar-refractivity contribution < 1.29 is 10.2 Å². The van der Waals surface area contributed by atoms with E-state index >= 15 is 0 Å². The second kappa shape index (κ2) is 7.83. The molecule has 0 aliphatic heterocycles. The first-order valence-corrected chi connectivity index (χ1v) is 12.4. The summed E-state index contributed by atoms with van der Waals surface area (Å²) in [6, 6.07) is 0. The molecule has 3 saturated carbocycles. The van der Waals surface area contributed by atoms with Gasteiger partial charge in [-0.15, -0.1) is 0 Å². The second-order valence-electron chi connectivity index (χ2n) is 12.0.